The predicted octanol–water partition coefficient (Wildman–Crippen LogP) is 8.35. The van der Waals surface area contributed by atoms with Gasteiger partial charge < -0.3 is 23.9 Å². The second-order valence-electron chi connectivity index (χ2n) is 12.4. The lowest BCUT2D eigenvalue weighted by Crippen LogP contribution is -2.32. The number of carbonyl (C=O) groups excluding carboxylic acids is 2. The number of carbonyl (C=O) groups is 2. The van der Waals surface area contributed by atoms with Gasteiger partial charge in [-0.25, -0.2) is 4.79 Å². The Bertz CT molecular complexity index is 1730. The number of nitrogens with one attached hydrogen (secondary N) is 1. The number of amides is 1. The fraction of sp³-hybridized carbons (Fsp3) is 0.342. The maximum absolute atomic E-state index is 12.3. The van der Waals surface area contributed by atoms with E-state index < -0.39 is 11.7 Å². The number of furan rings is 1. The number of allylic oxidation sites excluding steroid dienone is 1. The number of rotatable bonds is 11. The average molecular weight is 623 g/mol. The van der Waals surface area contributed by atoms with Crippen LogP contribution in [0.4, 0.5) is 4.79 Å². The van der Waals surface area contributed by atoms with Crippen LogP contribution in [0.5, 0.6) is 5.75 Å². The van der Waals surface area contributed by atoms with E-state index in [1.54, 1.807) is 6.92 Å². The molecule has 0 saturated heterocycles. The van der Waals surface area contributed by atoms with Crippen LogP contribution in [0.1, 0.15) is 63.0 Å². The molecule has 0 aliphatic carbocycles. The van der Waals surface area contributed by atoms with Crippen molar-refractivity contribution in [3.8, 4) is 16.9 Å². The summed E-state index contributed by atoms with van der Waals surface area (Å²) in [6.45, 7) is 8.27. The number of alkyl carbamates (subject to hydrolysis) is 1. The molecule has 1 amide bonds. The quantitative estimate of drug-likeness (QED) is 0.169. The smallest absolute Gasteiger partial charge is 0.407 e. The lowest BCUT2D eigenvalue weighted by Gasteiger charge is -2.19. The molecule has 0 radical (unpaired) electrons. The minimum Gasteiger partial charge on any atom is -0.489 e. The van der Waals surface area contributed by atoms with E-state index in [4.69, 9.17) is 18.6 Å². The largest absolute Gasteiger partial charge is 0.489 e. The maximum Gasteiger partial charge on any atom is 0.407 e. The Morgan fingerprint density at radius 1 is 1.02 bits per heavy atom. The summed E-state index contributed by atoms with van der Waals surface area (Å²) in [6.07, 6.45) is 8.38. The fourth-order valence-corrected chi connectivity index (χ4v) is 5.44. The van der Waals surface area contributed by atoms with E-state index in [0.717, 1.165) is 63.8 Å². The third-order valence-electron chi connectivity index (χ3n) is 7.49. The Hall–Kier alpha value is -4.85. The summed E-state index contributed by atoms with van der Waals surface area (Å²) in [6, 6.07) is 21.9. The van der Waals surface area contributed by atoms with Crippen LogP contribution in [0.3, 0.4) is 0 Å². The number of nitrogens with zero attached hydrogens (tertiary/aromatic N) is 1. The summed E-state index contributed by atoms with van der Waals surface area (Å²) in [5.74, 6) is 1.60. The molecule has 5 rings (SSSR count). The van der Waals surface area contributed by atoms with E-state index in [1.165, 1.54) is 0 Å². The highest BCUT2D eigenvalue weighted by molar-refractivity contribution is 5.93. The normalized spacial score (nSPS) is 14.6. The van der Waals surface area contributed by atoms with Crippen LogP contribution in [0, 0.1) is 5.92 Å². The number of aliphatic imine (C=N–C) groups is 1. The third-order valence-corrected chi connectivity index (χ3v) is 7.49. The van der Waals surface area contributed by atoms with Crippen molar-refractivity contribution in [2.24, 2.45) is 10.9 Å². The maximum atomic E-state index is 12.3. The van der Waals surface area contributed by atoms with Crippen LogP contribution in [-0.2, 0) is 40.3 Å². The molecule has 46 heavy (non-hydrogen) atoms. The van der Waals surface area contributed by atoms with Gasteiger partial charge in [0.2, 0.25) is 0 Å². The molecule has 1 aliphatic heterocycles. The van der Waals surface area contributed by atoms with Crippen molar-refractivity contribution in [3.63, 3.8) is 0 Å². The number of hydrogen-bond acceptors (Lipinski definition) is 7. The van der Waals surface area contributed by atoms with Gasteiger partial charge in [-0.05, 0) is 93.5 Å². The second-order valence-corrected chi connectivity index (χ2v) is 12.4. The summed E-state index contributed by atoms with van der Waals surface area (Å²) >= 11 is 0. The zero-order valence-corrected chi connectivity index (χ0v) is 27.0. The molecular weight excluding hydrogens is 580 g/mol. The topological polar surface area (TPSA) is 99.4 Å². The Kier molecular flexibility index (Phi) is 10.6. The van der Waals surface area contributed by atoms with Crippen molar-refractivity contribution >= 4 is 29.2 Å². The molecule has 2 heterocycles. The Morgan fingerprint density at radius 2 is 1.87 bits per heavy atom. The van der Waals surface area contributed by atoms with Crippen molar-refractivity contribution < 1.29 is 28.2 Å². The number of esters is 1. The number of fused-ring (bicyclic) bond motifs is 1. The Morgan fingerprint density at radius 3 is 2.70 bits per heavy atom. The van der Waals surface area contributed by atoms with Gasteiger partial charge in [0.1, 0.15) is 29.3 Å². The first-order chi connectivity index (χ1) is 22.2. The molecule has 1 unspecified atom stereocenters. The van der Waals surface area contributed by atoms with E-state index >= 15 is 0 Å². The molecule has 240 valence electrons. The highest BCUT2D eigenvalue weighted by Crippen LogP contribution is 2.35. The van der Waals surface area contributed by atoms with Gasteiger partial charge in [0.05, 0.1) is 13.0 Å². The van der Waals surface area contributed by atoms with Crippen molar-refractivity contribution in [2.75, 3.05) is 6.61 Å². The number of ether oxygens (including phenoxy) is 3. The molecule has 8 nitrogen and oxygen atoms in total. The number of para-hydroxylation sites is 1. The van der Waals surface area contributed by atoms with Crippen molar-refractivity contribution in [1.82, 2.24) is 5.32 Å². The molecule has 1 N–H and O–H groups in total. The SMILES string of the molecule is CCOC(=O)Cc1ccccc1OCc1cc(-c2cccc(CNC(=O)OC(C)(C)C)c2)c2oc(CC3C=CN=CCC3)cc2c1. The lowest BCUT2D eigenvalue weighted by molar-refractivity contribution is -0.142. The zero-order valence-electron chi connectivity index (χ0n) is 27.0. The van der Waals surface area contributed by atoms with Gasteiger partial charge in [0.25, 0.3) is 0 Å². The Balaban J connectivity index is 1.44. The van der Waals surface area contributed by atoms with Crippen LogP contribution in [-0.4, -0.2) is 30.5 Å². The summed E-state index contributed by atoms with van der Waals surface area (Å²) in [5.41, 5.74) is 4.78. The monoisotopic (exact) mass is 622 g/mol. The molecule has 1 aromatic heterocycles. The van der Waals surface area contributed by atoms with Crippen LogP contribution in [0.2, 0.25) is 0 Å². The first-order valence-corrected chi connectivity index (χ1v) is 15.8. The van der Waals surface area contributed by atoms with Crippen LogP contribution >= 0.6 is 0 Å². The number of benzene rings is 3. The van der Waals surface area contributed by atoms with E-state index in [2.05, 4.69) is 40.7 Å². The summed E-state index contributed by atoms with van der Waals surface area (Å²) < 4.78 is 23.4. The van der Waals surface area contributed by atoms with Crippen LogP contribution in [0.15, 0.2) is 88.4 Å². The minimum atomic E-state index is -0.573. The van der Waals surface area contributed by atoms with Crippen molar-refractivity contribution in [2.45, 2.75) is 72.1 Å². The van der Waals surface area contributed by atoms with Gasteiger partial charge in [-0.1, -0.05) is 42.5 Å². The van der Waals surface area contributed by atoms with Gasteiger partial charge in [0.15, 0.2) is 0 Å². The minimum absolute atomic E-state index is 0.143. The average Bonchev–Trinajstić information content (AvgIpc) is 3.24. The van der Waals surface area contributed by atoms with Gasteiger partial charge in [-0.15, -0.1) is 0 Å². The summed E-state index contributed by atoms with van der Waals surface area (Å²) in [7, 11) is 0. The molecule has 0 fully saturated rings. The van der Waals surface area contributed by atoms with E-state index in [0.29, 0.717) is 31.4 Å². The van der Waals surface area contributed by atoms with E-state index in [9.17, 15) is 9.59 Å². The molecule has 1 aliphatic rings. The highest BCUT2D eigenvalue weighted by atomic mass is 16.6. The predicted molar refractivity (Wildman–Crippen MR) is 180 cm³/mol. The van der Waals surface area contributed by atoms with Gasteiger partial charge in [0, 0.05) is 41.9 Å². The molecular formula is C38H42N2O6. The van der Waals surface area contributed by atoms with Gasteiger partial charge in [-0.3, -0.25) is 9.79 Å². The molecule has 0 saturated carbocycles. The fourth-order valence-electron chi connectivity index (χ4n) is 5.44. The molecule has 1 atom stereocenters. The highest BCUT2D eigenvalue weighted by Gasteiger charge is 2.18. The third kappa shape index (κ3) is 9.10. The zero-order chi connectivity index (χ0) is 32.5. The van der Waals surface area contributed by atoms with Crippen LogP contribution in [0.25, 0.3) is 22.1 Å². The first kappa shape index (κ1) is 32.5. The molecule has 0 bridgehead atoms. The number of hydrogen-bond donors (Lipinski definition) is 1. The van der Waals surface area contributed by atoms with E-state index in [-0.39, 0.29) is 12.4 Å². The standard InChI is InChI=1S/C38H42N2O6/c1-5-43-35(41)23-30-12-6-7-14-34(30)44-25-28-19-31-22-32(20-26-11-9-16-39-17-15-26)45-36(31)33(21-28)29-13-8-10-27(18-29)24-40-37(42)46-38(2,3)4/h6-8,10,12-19,21-22,26H,5,9,11,20,23-25H2,1-4H3,(H,40,42). The van der Waals surface area contributed by atoms with Gasteiger partial charge >= 0.3 is 12.1 Å². The van der Waals surface area contributed by atoms with E-state index in [1.807, 2.05) is 75.7 Å². The summed E-state index contributed by atoms with van der Waals surface area (Å²) in [4.78, 5) is 28.8. The molecule has 8 heteroatoms. The van der Waals surface area contributed by atoms with Gasteiger partial charge in [-0.2, -0.15) is 0 Å². The Labute approximate surface area is 270 Å². The van der Waals surface area contributed by atoms with Crippen molar-refractivity contribution in [3.05, 3.63) is 101 Å². The second kappa shape index (κ2) is 15.0. The first-order valence-electron chi connectivity index (χ1n) is 15.8. The van der Waals surface area contributed by atoms with Crippen molar-refractivity contribution in [1.29, 1.82) is 0 Å². The molecule has 0 spiro atoms. The molecule has 4 aromatic rings. The summed E-state index contributed by atoms with van der Waals surface area (Å²) in [5, 5.41) is 3.83. The lowest BCUT2D eigenvalue weighted by atomic mass is 9.97. The molecule has 3 aromatic carbocycles. The van der Waals surface area contributed by atoms with Crippen LogP contribution < -0.4 is 10.1 Å².